The van der Waals surface area contributed by atoms with E-state index in [4.69, 9.17) is 5.11 Å². The van der Waals surface area contributed by atoms with Gasteiger partial charge in [-0.1, -0.05) is 45.7 Å². The molecule has 0 saturated carbocycles. The lowest BCUT2D eigenvalue weighted by atomic mass is 10.1. The summed E-state index contributed by atoms with van der Waals surface area (Å²) in [5.41, 5.74) is 0.690. The Kier molecular flexibility index (Phi) is 22.1. The van der Waals surface area contributed by atoms with Crippen LogP contribution in [0, 0.1) is 0 Å². The van der Waals surface area contributed by atoms with E-state index in [0.29, 0.717) is 31.4 Å². The smallest absolute Gasteiger partial charge is 0.406 e. The van der Waals surface area contributed by atoms with Crippen molar-refractivity contribution in [3.05, 3.63) is 29.8 Å². The van der Waals surface area contributed by atoms with Crippen molar-refractivity contribution in [1.82, 2.24) is 14.9 Å². The molecule has 36 heavy (non-hydrogen) atoms. The van der Waals surface area contributed by atoms with Crippen LogP contribution in [0.3, 0.4) is 0 Å². The third-order valence-corrected chi connectivity index (χ3v) is 7.13. The van der Waals surface area contributed by atoms with Crippen LogP contribution in [0.25, 0.3) is 0 Å². The quantitative estimate of drug-likeness (QED) is 0.401. The summed E-state index contributed by atoms with van der Waals surface area (Å²) in [6.07, 6.45) is 1.05. The Bertz CT molecular complexity index is 742. The fraction of sp³-hybridized carbons (Fsp3) is 0.760. The van der Waals surface area contributed by atoms with Gasteiger partial charge in [0.25, 0.3) is 0 Å². The van der Waals surface area contributed by atoms with E-state index in [-0.39, 0.29) is 17.5 Å². The molecule has 1 saturated heterocycles. The number of nitrogens with zero attached hydrogens (tertiary/aromatic N) is 1. The van der Waals surface area contributed by atoms with Gasteiger partial charge in [0.15, 0.2) is 0 Å². The molecule has 1 heterocycles. The maximum Gasteiger partial charge on any atom is 0.573 e. The molecule has 0 unspecified atom stereocenters. The van der Waals surface area contributed by atoms with E-state index in [9.17, 15) is 21.6 Å². The molecular weight excluding hydrogens is 495 g/mol. The first-order chi connectivity index (χ1) is 17.0. The van der Waals surface area contributed by atoms with E-state index in [1.807, 2.05) is 21.0 Å². The lowest BCUT2D eigenvalue weighted by molar-refractivity contribution is -0.274. The number of benzene rings is 1. The van der Waals surface area contributed by atoms with E-state index < -0.39 is 16.4 Å². The molecule has 0 bridgehead atoms. The number of ether oxygens (including phenoxy) is 1. The molecule has 1 aliphatic rings. The summed E-state index contributed by atoms with van der Waals surface area (Å²) >= 11 is 0. The molecule has 3 N–H and O–H groups in total. The number of nitrogens with one attached hydrogen (secondary N) is 2. The predicted octanol–water partition coefficient (Wildman–Crippen LogP) is 4.56. The van der Waals surface area contributed by atoms with Crippen LogP contribution in [0.15, 0.2) is 24.3 Å². The first-order valence-electron chi connectivity index (χ1n) is 12.6. The Hall–Kier alpha value is -1.40. The number of halogens is 3. The molecule has 0 spiro atoms. The highest BCUT2D eigenvalue weighted by molar-refractivity contribution is 7.89. The lowest BCUT2D eigenvalue weighted by Gasteiger charge is -2.33. The molecule has 1 aromatic rings. The average Bonchev–Trinajstić information content (AvgIpc) is 2.83. The largest absolute Gasteiger partial charge is 0.573 e. The number of aliphatic hydroxyl groups excluding tert-OH is 1. The van der Waals surface area contributed by atoms with Crippen molar-refractivity contribution in [3.8, 4) is 5.75 Å². The molecule has 1 aromatic carbocycles. The Labute approximate surface area is 216 Å². The van der Waals surface area contributed by atoms with Crippen LogP contribution in [0.2, 0.25) is 0 Å². The van der Waals surface area contributed by atoms with Crippen LogP contribution in [-0.2, 0) is 16.4 Å². The van der Waals surface area contributed by atoms with Gasteiger partial charge >= 0.3 is 6.36 Å². The molecule has 0 aromatic heterocycles. The van der Waals surface area contributed by atoms with Gasteiger partial charge < -0.3 is 20.5 Å². The van der Waals surface area contributed by atoms with E-state index in [1.165, 1.54) is 31.0 Å². The van der Waals surface area contributed by atoms with Crippen molar-refractivity contribution in [3.63, 3.8) is 0 Å². The van der Waals surface area contributed by atoms with Crippen LogP contribution in [-0.4, -0.2) is 76.8 Å². The second-order valence-corrected chi connectivity index (χ2v) is 10.2. The fourth-order valence-electron chi connectivity index (χ4n) is 3.36. The van der Waals surface area contributed by atoms with Gasteiger partial charge in [0.2, 0.25) is 10.0 Å². The second-order valence-electron chi connectivity index (χ2n) is 8.21. The number of sulfonamides is 1. The Morgan fingerprint density at radius 2 is 1.64 bits per heavy atom. The summed E-state index contributed by atoms with van der Waals surface area (Å²) in [6, 6.07) is 5.82. The summed E-state index contributed by atoms with van der Waals surface area (Å²) in [4.78, 5) is 0. The summed E-state index contributed by atoms with van der Waals surface area (Å²) in [6.45, 7) is 8.15. The van der Waals surface area contributed by atoms with Crippen LogP contribution < -0.4 is 15.4 Å². The standard InChI is InChI=1S/C18H27F3N2O3S.C4H10.C2H7N.CH4O/c1-2-13-27(24,25)23(16-8-10-22-11-9-16)12-4-6-15-5-3-7-17(14-15)26-18(19,20)21;1-3-4-2;1-3-2;1-2/h3,5,7,14,16,22H,2,4,6,8-13H2,1H3;3-4H2,1-2H3;3H,1-2H3;2H,1H3. The lowest BCUT2D eigenvalue weighted by Crippen LogP contribution is -2.47. The molecule has 214 valence electrons. The molecule has 11 heteroatoms. The number of aliphatic hydroxyl groups is 1. The van der Waals surface area contributed by atoms with Crippen molar-refractivity contribution in [1.29, 1.82) is 0 Å². The maximum absolute atomic E-state index is 12.6. The number of aryl methyl sites for hydroxylation is 1. The van der Waals surface area contributed by atoms with Crippen molar-refractivity contribution in [2.24, 2.45) is 0 Å². The predicted molar refractivity (Wildman–Crippen MR) is 142 cm³/mol. The van der Waals surface area contributed by atoms with E-state index >= 15 is 0 Å². The number of unbranched alkanes of at least 4 members (excludes halogenated alkanes) is 1. The molecule has 0 atom stereocenters. The summed E-state index contributed by atoms with van der Waals surface area (Å²) in [7, 11) is 1.42. The highest BCUT2D eigenvalue weighted by atomic mass is 32.2. The van der Waals surface area contributed by atoms with Crippen molar-refractivity contribution in [2.75, 3.05) is 46.6 Å². The molecule has 0 aliphatic carbocycles. The monoisotopic (exact) mass is 543 g/mol. The Morgan fingerprint density at radius 3 is 2.11 bits per heavy atom. The van der Waals surface area contributed by atoms with Gasteiger partial charge in [0.1, 0.15) is 5.75 Å². The zero-order chi connectivity index (χ0) is 28.0. The number of rotatable bonds is 10. The Morgan fingerprint density at radius 1 is 1.08 bits per heavy atom. The SMILES string of the molecule is CCCC.CCCS(=O)(=O)N(CCCc1cccc(OC(F)(F)F)c1)C1CCNCC1.CNC.CO. The molecule has 1 fully saturated rings. The average molecular weight is 544 g/mol. The topological polar surface area (TPSA) is 90.9 Å². The summed E-state index contributed by atoms with van der Waals surface area (Å²) in [5, 5.41) is 13.0. The Balaban J connectivity index is 0. The highest BCUT2D eigenvalue weighted by Gasteiger charge is 2.31. The first kappa shape index (κ1) is 36.8. The van der Waals surface area contributed by atoms with Gasteiger partial charge in [-0.25, -0.2) is 8.42 Å². The van der Waals surface area contributed by atoms with Crippen LogP contribution in [0.1, 0.15) is 64.9 Å². The van der Waals surface area contributed by atoms with Gasteiger partial charge in [0, 0.05) is 19.7 Å². The van der Waals surface area contributed by atoms with Crippen molar-refractivity contribution < 1.29 is 31.4 Å². The van der Waals surface area contributed by atoms with E-state index in [2.05, 4.69) is 29.2 Å². The molecule has 0 radical (unpaired) electrons. The van der Waals surface area contributed by atoms with Crippen LogP contribution in [0.5, 0.6) is 5.75 Å². The van der Waals surface area contributed by atoms with Gasteiger partial charge in [-0.05, 0) is 77.0 Å². The molecule has 0 amide bonds. The number of hydrogen-bond donors (Lipinski definition) is 3. The number of piperidine rings is 1. The minimum atomic E-state index is -4.72. The van der Waals surface area contributed by atoms with Crippen LogP contribution >= 0.6 is 0 Å². The minimum absolute atomic E-state index is 0.0114. The fourth-order valence-corrected chi connectivity index (χ4v) is 5.18. The van der Waals surface area contributed by atoms with Crippen LogP contribution in [0.4, 0.5) is 13.2 Å². The normalized spacial score (nSPS) is 14.0. The van der Waals surface area contributed by atoms with Crippen molar-refractivity contribution in [2.45, 2.75) is 78.1 Å². The third-order valence-electron chi connectivity index (χ3n) is 5.01. The van der Waals surface area contributed by atoms with Gasteiger partial charge in [0.05, 0.1) is 5.75 Å². The number of alkyl halides is 3. The second kappa shape index (κ2) is 21.7. The zero-order valence-electron chi connectivity index (χ0n) is 22.8. The maximum atomic E-state index is 12.6. The third kappa shape index (κ3) is 17.9. The van der Waals surface area contributed by atoms with Gasteiger partial charge in [-0.2, -0.15) is 4.31 Å². The summed E-state index contributed by atoms with van der Waals surface area (Å²) in [5.74, 6) is -0.139. The minimum Gasteiger partial charge on any atom is -0.406 e. The first-order valence-corrected chi connectivity index (χ1v) is 14.2. The van der Waals surface area contributed by atoms with Gasteiger partial charge in [-0.15, -0.1) is 13.2 Å². The number of hydrogen-bond acceptors (Lipinski definition) is 6. The summed E-state index contributed by atoms with van der Waals surface area (Å²) < 4.78 is 67.8. The van der Waals surface area contributed by atoms with E-state index in [1.54, 1.807) is 10.4 Å². The molecule has 7 nitrogen and oxygen atoms in total. The molecular formula is C25H48F3N3O4S. The van der Waals surface area contributed by atoms with Crippen molar-refractivity contribution >= 4 is 10.0 Å². The highest BCUT2D eigenvalue weighted by Crippen LogP contribution is 2.24. The zero-order valence-corrected chi connectivity index (χ0v) is 23.6. The molecule has 2 rings (SSSR count). The van der Waals surface area contributed by atoms with E-state index in [0.717, 1.165) is 33.0 Å². The molecule has 1 aliphatic heterocycles. The van der Waals surface area contributed by atoms with Gasteiger partial charge in [-0.3, -0.25) is 0 Å².